The van der Waals surface area contributed by atoms with Crippen LogP contribution in [-0.2, 0) is 16.1 Å². The molecule has 24 heavy (non-hydrogen) atoms. The molecule has 0 aliphatic heterocycles. The lowest BCUT2D eigenvalue weighted by Gasteiger charge is -2.13. The second kappa shape index (κ2) is 9.08. The van der Waals surface area contributed by atoms with Gasteiger partial charge in [0, 0.05) is 0 Å². The van der Waals surface area contributed by atoms with E-state index in [2.05, 4.69) is 21.2 Å². The summed E-state index contributed by atoms with van der Waals surface area (Å²) in [5.41, 5.74) is 1.79. The maximum absolute atomic E-state index is 11.9. The summed E-state index contributed by atoms with van der Waals surface area (Å²) < 4.78 is 10.8. The van der Waals surface area contributed by atoms with Crippen LogP contribution in [0.25, 0.3) is 0 Å². The number of alkyl halides is 1. The number of hydrogen-bond donors (Lipinski definition) is 1. The van der Waals surface area contributed by atoms with Crippen LogP contribution in [0.4, 0.5) is 5.69 Å². The lowest BCUT2D eigenvalue weighted by atomic mass is 10.2. The van der Waals surface area contributed by atoms with Gasteiger partial charge >= 0.3 is 5.97 Å². The summed E-state index contributed by atoms with van der Waals surface area (Å²) in [4.78, 5) is 23.5. The van der Waals surface area contributed by atoms with Crippen LogP contribution in [0.1, 0.15) is 22.8 Å². The topological polar surface area (TPSA) is 64.6 Å². The molecule has 0 aliphatic carbocycles. The first-order valence-corrected chi connectivity index (χ1v) is 8.60. The summed E-state index contributed by atoms with van der Waals surface area (Å²) in [6.07, 6.45) is 0. The van der Waals surface area contributed by atoms with Crippen LogP contribution >= 0.6 is 15.9 Å². The van der Waals surface area contributed by atoms with E-state index in [1.165, 1.54) is 0 Å². The van der Waals surface area contributed by atoms with Crippen LogP contribution in [0.15, 0.2) is 48.5 Å². The zero-order valence-corrected chi connectivity index (χ0v) is 14.8. The smallest absolute Gasteiger partial charge is 0.338 e. The monoisotopic (exact) mass is 391 g/mol. The third kappa shape index (κ3) is 5.09. The molecule has 1 N–H and O–H groups in total. The lowest BCUT2D eigenvalue weighted by molar-refractivity contribution is -0.113. The van der Waals surface area contributed by atoms with Gasteiger partial charge in [-0.05, 0) is 30.7 Å². The van der Waals surface area contributed by atoms with Gasteiger partial charge < -0.3 is 14.8 Å². The Morgan fingerprint density at radius 3 is 2.54 bits per heavy atom. The number of halogens is 1. The Hall–Kier alpha value is -2.34. The van der Waals surface area contributed by atoms with Gasteiger partial charge in [-0.25, -0.2) is 4.79 Å². The average Bonchev–Trinajstić information content (AvgIpc) is 2.61. The van der Waals surface area contributed by atoms with Crippen molar-refractivity contribution in [1.29, 1.82) is 0 Å². The van der Waals surface area contributed by atoms with E-state index >= 15 is 0 Å². The number of hydrogen-bond acceptors (Lipinski definition) is 4. The first-order valence-electron chi connectivity index (χ1n) is 7.47. The number of benzene rings is 2. The number of nitrogens with one attached hydrogen (secondary N) is 1. The van der Waals surface area contributed by atoms with Gasteiger partial charge in [0.25, 0.3) is 0 Å². The molecule has 1 amide bonds. The molecule has 0 radical (unpaired) electrons. The number of ether oxygens (including phenoxy) is 2. The third-order valence-electron chi connectivity index (χ3n) is 3.12. The van der Waals surface area contributed by atoms with Crippen LogP contribution in [0.2, 0.25) is 0 Å². The highest BCUT2D eigenvalue weighted by Crippen LogP contribution is 2.27. The predicted octanol–water partition coefficient (Wildman–Crippen LogP) is 3.78. The van der Waals surface area contributed by atoms with Gasteiger partial charge in [0.2, 0.25) is 5.91 Å². The second-order valence-corrected chi connectivity index (χ2v) is 5.45. The minimum Gasteiger partial charge on any atom is -0.487 e. The predicted molar refractivity (Wildman–Crippen MR) is 95.6 cm³/mol. The molecular formula is C18H18BrNO4. The fourth-order valence-electron chi connectivity index (χ4n) is 2.01. The third-order valence-corrected chi connectivity index (χ3v) is 3.63. The van der Waals surface area contributed by atoms with Crippen LogP contribution in [0.5, 0.6) is 5.75 Å². The number of esters is 1. The molecule has 0 saturated heterocycles. The summed E-state index contributed by atoms with van der Waals surface area (Å²) in [5.74, 6) is -0.191. The van der Waals surface area contributed by atoms with E-state index in [0.717, 1.165) is 5.56 Å². The van der Waals surface area contributed by atoms with Crippen LogP contribution in [0.3, 0.4) is 0 Å². The van der Waals surface area contributed by atoms with E-state index in [-0.39, 0.29) is 17.8 Å². The number of anilines is 1. The average molecular weight is 392 g/mol. The normalized spacial score (nSPS) is 10.1. The van der Waals surface area contributed by atoms with Crippen molar-refractivity contribution in [3.05, 3.63) is 59.7 Å². The highest BCUT2D eigenvalue weighted by molar-refractivity contribution is 9.09. The van der Waals surface area contributed by atoms with E-state index in [9.17, 15) is 9.59 Å². The highest BCUT2D eigenvalue weighted by Gasteiger charge is 2.13. The Balaban J connectivity index is 2.21. The summed E-state index contributed by atoms with van der Waals surface area (Å²) in [7, 11) is 0. The Morgan fingerprint density at radius 2 is 1.88 bits per heavy atom. The molecule has 0 atom stereocenters. The van der Waals surface area contributed by atoms with Crippen molar-refractivity contribution >= 4 is 33.5 Å². The Morgan fingerprint density at radius 1 is 1.12 bits per heavy atom. The summed E-state index contributed by atoms with van der Waals surface area (Å²) in [6, 6.07) is 14.5. The standard InChI is InChI=1S/C18H18BrNO4/c1-2-23-18(22)14-8-9-16(15(10-14)20-17(21)11-19)24-12-13-6-4-3-5-7-13/h3-10H,2,11-12H2,1H3,(H,20,21). The van der Waals surface area contributed by atoms with E-state index < -0.39 is 5.97 Å². The van der Waals surface area contributed by atoms with Crippen LogP contribution < -0.4 is 10.1 Å². The largest absolute Gasteiger partial charge is 0.487 e. The van der Waals surface area contributed by atoms with Gasteiger partial charge in [-0.15, -0.1) is 0 Å². The number of amides is 1. The summed E-state index contributed by atoms with van der Waals surface area (Å²) >= 11 is 3.10. The Kier molecular flexibility index (Phi) is 6.81. The molecule has 0 aromatic heterocycles. The molecule has 5 nitrogen and oxygen atoms in total. The quantitative estimate of drug-likeness (QED) is 0.576. The number of carbonyl (C=O) groups excluding carboxylic acids is 2. The van der Waals surface area contributed by atoms with Crippen molar-refractivity contribution < 1.29 is 19.1 Å². The first-order chi connectivity index (χ1) is 11.6. The van der Waals surface area contributed by atoms with Crippen molar-refractivity contribution in [2.75, 3.05) is 17.3 Å². The van der Waals surface area contributed by atoms with Gasteiger partial charge in [-0.3, -0.25) is 4.79 Å². The fraction of sp³-hybridized carbons (Fsp3) is 0.222. The van der Waals surface area contributed by atoms with E-state index in [1.54, 1.807) is 25.1 Å². The molecule has 0 saturated carbocycles. The SMILES string of the molecule is CCOC(=O)c1ccc(OCc2ccccc2)c(NC(=O)CBr)c1. The maximum Gasteiger partial charge on any atom is 0.338 e. The Labute approximate surface area is 149 Å². The van der Waals surface area contributed by atoms with Gasteiger partial charge in [0.15, 0.2) is 0 Å². The minimum absolute atomic E-state index is 0.148. The zero-order valence-electron chi connectivity index (χ0n) is 13.3. The molecular weight excluding hydrogens is 374 g/mol. The van der Waals surface area contributed by atoms with Gasteiger partial charge in [0.05, 0.1) is 23.2 Å². The molecule has 0 fully saturated rings. The maximum atomic E-state index is 11.9. The number of rotatable bonds is 7. The van der Waals surface area contributed by atoms with E-state index in [0.29, 0.717) is 23.6 Å². The molecule has 2 rings (SSSR count). The molecule has 0 heterocycles. The van der Waals surface area contributed by atoms with Gasteiger partial charge in [-0.1, -0.05) is 46.3 Å². The second-order valence-electron chi connectivity index (χ2n) is 4.89. The van der Waals surface area contributed by atoms with Crippen molar-refractivity contribution in [3.8, 4) is 5.75 Å². The molecule has 0 unspecified atom stereocenters. The van der Waals surface area contributed by atoms with Crippen molar-refractivity contribution in [2.24, 2.45) is 0 Å². The summed E-state index contributed by atoms with van der Waals surface area (Å²) in [5, 5.41) is 2.86. The zero-order chi connectivity index (χ0) is 17.4. The van der Waals surface area contributed by atoms with Gasteiger partial charge in [-0.2, -0.15) is 0 Å². The van der Waals surface area contributed by atoms with Crippen molar-refractivity contribution in [1.82, 2.24) is 0 Å². The molecule has 2 aromatic rings. The highest BCUT2D eigenvalue weighted by atomic mass is 79.9. The minimum atomic E-state index is -0.443. The molecule has 0 spiro atoms. The fourth-order valence-corrected chi connectivity index (χ4v) is 2.15. The molecule has 6 heteroatoms. The summed E-state index contributed by atoms with van der Waals surface area (Å²) in [6.45, 7) is 2.38. The van der Waals surface area contributed by atoms with Crippen LogP contribution in [0, 0.1) is 0 Å². The van der Waals surface area contributed by atoms with Crippen molar-refractivity contribution in [3.63, 3.8) is 0 Å². The molecule has 126 valence electrons. The molecule has 0 bridgehead atoms. The lowest BCUT2D eigenvalue weighted by Crippen LogP contribution is -2.14. The first kappa shape index (κ1) is 18.0. The Bertz CT molecular complexity index is 703. The van der Waals surface area contributed by atoms with Gasteiger partial charge in [0.1, 0.15) is 12.4 Å². The number of carbonyl (C=O) groups is 2. The van der Waals surface area contributed by atoms with Crippen molar-refractivity contribution in [2.45, 2.75) is 13.5 Å². The van der Waals surface area contributed by atoms with Crippen LogP contribution in [-0.4, -0.2) is 23.8 Å². The van der Waals surface area contributed by atoms with E-state index in [4.69, 9.17) is 9.47 Å². The van der Waals surface area contributed by atoms with E-state index in [1.807, 2.05) is 30.3 Å². The molecule has 2 aromatic carbocycles. The molecule has 0 aliphatic rings.